The van der Waals surface area contributed by atoms with Gasteiger partial charge in [0.25, 0.3) is 0 Å². The number of hydrogen-bond acceptors (Lipinski definition) is 2. The maximum Gasteiger partial charge on any atom is 0.0479 e. The highest BCUT2D eigenvalue weighted by atomic mass is 32.2. The summed E-state index contributed by atoms with van der Waals surface area (Å²) >= 11 is 2.08. The summed E-state index contributed by atoms with van der Waals surface area (Å²) in [6.45, 7) is 1.89. The number of fused-ring (bicyclic) bond motifs is 1. The van der Waals surface area contributed by atoms with Gasteiger partial charge < -0.3 is 4.74 Å². The fourth-order valence-electron chi connectivity index (χ4n) is 2.39. The van der Waals surface area contributed by atoms with Crippen LogP contribution in [0.25, 0.3) is 0 Å². The number of thioether (sulfide) groups is 1. The van der Waals surface area contributed by atoms with E-state index >= 15 is 0 Å². The minimum Gasteiger partial charge on any atom is -0.381 e. The van der Waals surface area contributed by atoms with Crippen molar-refractivity contribution in [1.82, 2.24) is 0 Å². The molecule has 2 heterocycles. The quantitative estimate of drug-likeness (QED) is 0.645. The van der Waals surface area contributed by atoms with Gasteiger partial charge in [0.1, 0.15) is 0 Å². The van der Waals surface area contributed by atoms with Gasteiger partial charge in [-0.1, -0.05) is 18.2 Å². The molecule has 0 amide bonds. The molecule has 0 unspecified atom stereocenters. The predicted molar refractivity (Wildman–Crippen MR) is 58.8 cm³/mol. The predicted octanol–water partition coefficient (Wildman–Crippen LogP) is 2.88. The standard InChI is InChI=1S/C12H14OS/c1-2-4-11-10(3-1)9-12(14-11)5-7-13-8-6-12/h1-4H,5-9H2. The van der Waals surface area contributed by atoms with Crippen molar-refractivity contribution in [2.24, 2.45) is 0 Å². The van der Waals surface area contributed by atoms with Crippen molar-refractivity contribution in [1.29, 1.82) is 0 Å². The van der Waals surface area contributed by atoms with Gasteiger partial charge in [-0.05, 0) is 30.9 Å². The third-order valence-corrected chi connectivity index (χ3v) is 4.82. The molecule has 74 valence electrons. The fraction of sp³-hybridized carbons (Fsp3) is 0.500. The zero-order chi connectivity index (χ0) is 9.43. The molecule has 1 spiro atoms. The van der Waals surface area contributed by atoms with Crippen LogP contribution in [0.3, 0.4) is 0 Å². The molecule has 1 aromatic carbocycles. The molecule has 2 aliphatic heterocycles. The van der Waals surface area contributed by atoms with Gasteiger partial charge in [-0.15, -0.1) is 11.8 Å². The van der Waals surface area contributed by atoms with Crippen molar-refractivity contribution in [3.8, 4) is 0 Å². The molecule has 0 N–H and O–H groups in total. The largest absolute Gasteiger partial charge is 0.381 e. The lowest BCUT2D eigenvalue weighted by atomic mass is 9.92. The van der Waals surface area contributed by atoms with E-state index in [1.54, 1.807) is 5.56 Å². The van der Waals surface area contributed by atoms with Crippen LogP contribution in [0.4, 0.5) is 0 Å². The van der Waals surface area contributed by atoms with Crippen LogP contribution < -0.4 is 0 Å². The first-order valence-electron chi connectivity index (χ1n) is 5.23. The molecule has 0 radical (unpaired) electrons. The van der Waals surface area contributed by atoms with E-state index in [-0.39, 0.29) is 0 Å². The molecule has 3 rings (SSSR count). The number of rotatable bonds is 0. The maximum atomic E-state index is 5.44. The highest BCUT2D eigenvalue weighted by Gasteiger charge is 2.39. The van der Waals surface area contributed by atoms with Gasteiger partial charge in [-0.3, -0.25) is 0 Å². The molecule has 1 fully saturated rings. The third kappa shape index (κ3) is 1.37. The van der Waals surface area contributed by atoms with E-state index in [4.69, 9.17) is 4.74 Å². The Morgan fingerprint density at radius 1 is 1.14 bits per heavy atom. The molecule has 1 saturated heterocycles. The minimum absolute atomic E-state index is 0.474. The Kier molecular flexibility index (Phi) is 2.06. The average Bonchev–Trinajstić information content (AvgIpc) is 2.56. The van der Waals surface area contributed by atoms with E-state index in [9.17, 15) is 0 Å². The minimum atomic E-state index is 0.474. The van der Waals surface area contributed by atoms with Crippen molar-refractivity contribution in [3.05, 3.63) is 29.8 Å². The summed E-state index contributed by atoms with van der Waals surface area (Å²) in [6, 6.07) is 8.82. The Bertz CT molecular complexity index is 315. The van der Waals surface area contributed by atoms with Crippen LogP contribution in [-0.4, -0.2) is 18.0 Å². The summed E-state index contributed by atoms with van der Waals surface area (Å²) in [5.74, 6) is 0. The average molecular weight is 206 g/mol. The van der Waals surface area contributed by atoms with Crippen LogP contribution in [0.2, 0.25) is 0 Å². The van der Waals surface area contributed by atoms with E-state index in [0.717, 1.165) is 13.2 Å². The molecule has 1 aromatic rings. The van der Waals surface area contributed by atoms with Crippen LogP contribution in [0, 0.1) is 0 Å². The number of benzene rings is 1. The summed E-state index contributed by atoms with van der Waals surface area (Å²) < 4.78 is 5.92. The Labute approximate surface area is 88.8 Å². The third-order valence-electron chi connectivity index (χ3n) is 3.22. The molecule has 2 aliphatic rings. The van der Waals surface area contributed by atoms with E-state index in [0.29, 0.717) is 4.75 Å². The van der Waals surface area contributed by atoms with E-state index in [1.807, 2.05) is 0 Å². The van der Waals surface area contributed by atoms with Crippen LogP contribution in [0.5, 0.6) is 0 Å². The van der Waals surface area contributed by atoms with Crippen molar-refractivity contribution >= 4 is 11.8 Å². The highest BCUT2D eigenvalue weighted by molar-refractivity contribution is 8.01. The lowest BCUT2D eigenvalue weighted by Crippen LogP contribution is -2.32. The summed E-state index contributed by atoms with van der Waals surface area (Å²) in [5.41, 5.74) is 1.54. The second-order valence-electron chi connectivity index (χ2n) is 4.18. The topological polar surface area (TPSA) is 9.23 Å². The molecule has 14 heavy (non-hydrogen) atoms. The molecule has 0 bridgehead atoms. The molecule has 2 heteroatoms. The van der Waals surface area contributed by atoms with Crippen LogP contribution in [0.1, 0.15) is 18.4 Å². The van der Waals surface area contributed by atoms with Gasteiger partial charge in [0.15, 0.2) is 0 Å². The number of hydrogen-bond donors (Lipinski definition) is 0. The molecule has 1 nitrogen and oxygen atoms in total. The smallest absolute Gasteiger partial charge is 0.0479 e. The molecular formula is C12H14OS. The van der Waals surface area contributed by atoms with Gasteiger partial charge in [-0.25, -0.2) is 0 Å². The Morgan fingerprint density at radius 3 is 2.71 bits per heavy atom. The first kappa shape index (κ1) is 8.81. The van der Waals surface area contributed by atoms with Crippen LogP contribution in [-0.2, 0) is 11.2 Å². The Balaban J connectivity index is 1.89. The first-order valence-corrected chi connectivity index (χ1v) is 6.04. The summed E-state index contributed by atoms with van der Waals surface area (Å²) in [7, 11) is 0. The zero-order valence-electron chi connectivity index (χ0n) is 8.16. The van der Waals surface area contributed by atoms with Gasteiger partial charge >= 0.3 is 0 Å². The van der Waals surface area contributed by atoms with E-state index in [1.165, 1.54) is 24.2 Å². The van der Waals surface area contributed by atoms with Gasteiger partial charge in [-0.2, -0.15) is 0 Å². The second kappa shape index (κ2) is 3.28. The van der Waals surface area contributed by atoms with Gasteiger partial charge in [0, 0.05) is 22.9 Å². The second-order valence-corrected chi connectivity index (χ2v) is 5.69. The molecule has 0 saturated carbocycles. The molecular weight excluding hydrogens is 192 g/mol. The van der Waals surface area contributed by atoms with Crippen molar-refractivity contribution in [2.75, 3.05) is 13.2 Å². The van der Waals surface area contributed by atoms with E-state index < -0.39 is 0 Å². The Morgan fingerprint density at radius 2 is 1.93 bits per heavy atom. The maximum absolute atomic E-state index is 5.44. The van der Waals surface area contributed by atoms with Gasteiger partial charge in [0.05, 0.1) is 0 Å². The molecule has 0 aliphatic carbocycles. The normalized spacial score (nSPS) is 23.7. The SMILES string of the molecule is c1ccc2c(c1)CC1(CCOCC1)S2. The lowest BCUT2D eigenvalue weighted by Gasteiger charge is -2.32. The van der Waals surface area contributed by atoms with Gasteiger partial charge in [0.2, 0.25) is 0 Å². The van der Waals surface area contributed by atoms with E-state index in [2.05, 4.69) is 36.0 Å². The highest BCUT2D eigenvalue weighted by Crippen LogP contribution is 2.50. The zero-order valence-corrected chi connectivity index (χ0v) is 8.98. The summed E-state index contributed by atoms with van der Waals surface area (Å²) in [4.78, 5) is 1.49. The monoisotopic (exact) mass is 206 g/mol. The Hall–Kier alpha value is -0.470. The fourth-order valence-corrected chi connectivity index (χ4v) is 3.87. The van der Waals surface area contributed by atoms with Crippen molar-refractivity contribution < 1.29 is 4.74 Å². The molecule has 0 atom stereocenters. The number of ether oxygens (including phenoxy) is 1. The molecule has 0 aromatic heterocycles. The van der Waals surface area contributed by atoms with Crippen LogP contribution >= 0.6 is 11.8 Å². The van der Waals surface area contributed by atoms with Crippen molar-refractivity contribution in [2.45, 2.75) is 28.9 Å². The summed E-state index contributed by atoms with van der Waals surface area (Å²) in [6.07, 6.45) is 3.68. The van der Waals surface area contributed by atoms with Crippen LogP contribution in [0.15, 0.2) is 29.2 Å². The first-order chi connectivity index (χ1) is 6.88. The summed E-state index contributed by atoms with van der Waals surface area (Å²) in [5, 5.41) is 0. The lowest BCUT2D eigenvalue weighted by molar-refractivity contribution is 0.0782. The van der Waals surface area contributed by atoms with Crippen molar-refractivity contribution in [3.63, 3.8) is 0 Å².